The monoisotopic (exact) mass is 370 g/mol. The topological polar surface area (TPSA) is 32.8 Å². The molecule has 2 aromatic carbocycles. The van der Waals surface area contributed by atoms with Crippen molar-refractivity contribution in [2.75, 3.05) is 43.9 Å². The lowest BCUT2D eigenvalue weighted by atomic mass is 10.2. The van der Waals surface area contributed by atoms with E-state index in [1.54, 1.807) is 7.11 Å². The number of thioether (sulfide) groups is 1. The van der Waals surface area contributed by atoms with Crippen LogP contribution >= 0.6 is 11.8 Å². The second-order valence-electron chi connectivity index (χ2n) is 6.33. The van der Waals surface area contributed by atoms with Gasteiger partial charge in [-0.05, 0) is 17.7 Å². The van der Waals surface area contributed by atoms with Gasteiger partial charge >= 0.3 is 0 Å². The zero-order valence-corrected chi connectivity index (χ0v) is 16.1. The van der Waals surface area contributed by atoms with Crippen LogP contribution in [0, 0.1) is 0 Å². The molecule has 0 atom stereocenters. The molecule has 1 saturated heterocycles. The van der Waals surface area contributed by atoms with Crippen LogP contribution in [0.2, 0.25) is 0 Å². The molecule has 2 aromatic rings. The number of amides is 1. The van der Waals surface area contributed by atoms with Crippen molar-refractivity contribution in [3.8, 4) is 5.75 Å². The first kappa shape index (κ1) is 18.6. The Morgan fingerprint density at radius 2 is 1.69 bits per heavy atom. The zero-order valence-electron chi connectivity index (χ0n) is 15.3. The Balaban J connectivity index is 1.41. The van der Waals surface area contributed by atoms with Gasteiger partial charge in [0.05, 0.1) is 12.8 Å². The number of nitrogens with zero attached hydrogens (tertiary/aromatic N) is 2. The van der Waals surface area contributed by atoms with Gasteiger partial charge in [0.15, 0.2) is 0 Å². The van der Waals surface area contributed by atoms with Gasteiger partial charge in [-0.1, -0.05) is 42.5 Å². The van der Waals surface area contributed by atoms with Crippen LogP contribution in [0.25, 0.3) is 0 Å². The van der Waals surface area contributed by atoms with Gasteiger partial charge in [0.2, 0.25) is 5.91 Å². The normalized spacial score (nSPS) is 14.3. The van der Waals surface area contributed by atoms with Crippen LogP contribution in [0.15, 0.2) is 54.6 Å². The van der Waals surface area contributed by atoms with Crippen molar-refractivity contribution in [3.63, 3.8) is 0 Å². The number of carbonyl (C=O) groups is 1. The number of para-hydroxylation sites is 2. The van der Waals surface area contributed by atoms with Crippen LogP contribution < -0.4 is 9.64 Å². The molecule has 4 nitrogen and oxygen atoms in total. The van der Waals surface area contributed by atoms with Crippen molar-refractivity contribution in [1.29, 1.82) is 0 Å². The molecule has 0 aromatic heterocycles. The van der Waals surface area contributed by atoms with E-state index >= 15 is 0 Å². The molecule has 1 fully saturated rings. The van der Waals surface area contributed by atoms with Gasteiger partial charge in [0, 0.05) is 44.1 Å². The highest BCUT2D eigenvalue weighted by atomic mass is 32.2. The van der Waals surface area contributed by atoms with E-state index in [0.29, 0.717) is 6.42 Å². The van der Waals surface area contributed by atoms with Gasteiger partial charge in [-0.15, -0.1) is 0 Å². The zero-order chi connectivity index (χ0) is 18.2. The van der Waals surface area contributed by atoms with E-state index in [1.807, 2.05) is 40.9 Å². The molecular formula is C21H26N2O2S. The first-order valence-corrected chi connectivity index (χ1v) is 10.2. The SMILES string of the molecule is COc1ccccc1N1CCN(C(=O)CCSCc2ccccc2)CC1. The summed E-state index contributed by atoms with van der Waals surface area (Å²) >= 11 is 1.83. The number of methoxy groups -OCH3 is 1. The number of piperazine rings is 1. The fraction of sp³-hybridized carbons (Fsp3) is 0.381. The summed E-state index contributed by atoms with van der Waals surface area (Å²) in [6.07, 6.45) is 0.617. The summed E-state index contributed by atoms with van der Waals surface area (Å²) in [6, 6.07) is 18.5. The van der Waals surface area contributed by atoms with Crippen LogP contribution in [0.4, 0.5) is 5.69 Å². The minimum Gasteiger partial charge on any atom is -0.495 e. The van der Waals surface area contributed by atoms with Crippen molar-refractivity contribution >= 4 is 23.4 Å². The predicted molar refractivity (Wildman–Crippen MR) is 109 cm³/mol. The fourth-order valence-corrected chi connectivity index (χ4v) is 4.06. The van der Waals surface area contributed by atoms with Gasteiger partial charge < -0.3 is 14.5 Å². The van der Waals surface area contributed by atoms with Crippen molar-refractivity contribution in [3.05, 3.63) is 60.2 Å². The predicted octanol–water partition coefficient (Wildman–Crippen LogP) is 3.67. The Hall–Kier alpha value is -2.14. The third kappa shape index (κ3) is 4.94. The quantitative estimate of drug-likeness (QED) is 0.696. The highest BCUT2D eigenvalue weighted by Crippen LogP contribution is 2.28. The molecule has 1 heterocycles. The summed E-state index contributed by atoms with van der Waals surface area (Å²) in [4.78, 5) is 16.7. The van der Waals surface area contributed by atoms with E-state index in [1.165, 1.54) is 5.56 Å². The maximum Gasteiger partial charge on any atom is 0.223 e. The van der Waals surface area contributed by atoms with E-state index < -0.39 is 0 Å². The summed E-state index contributed by atoms with van der Waals surface area (Å²) in [7, 11) is 1.70. The average molecular weight is 371 g/mol. The second kappa shape index (κ2) is 9.53. The Morgan fingerprint density at radius 3 is 2.42 bits per heavy atom. The highest BCUT2D eigenvalue weighted by molar-refractivity contribution is 7.98. The lowest BCUT2D eigenvalue weighted by Crippen LogP contribution is -2.49. The summed E-state index contributed by atoms with van der Waals surface area (Å²) in [5, 5.41) is 0. The van der Waals surface area contributed by atoms with Crippen LogP contribution in [0.1, 0.15) is 12.0 Å². The van der Waals surface area contributed by atoms with Crippen LogP contribution in [-0.4, -0.2) is 49.8 Å². The molecule has 0 unspecified atom stereocenters. The molecule has 0 aliphatic carbocycles. The molecule has 0 radical (unpaired) electrons. The standard InChI is InChI=1S/C21H26N2O2S/c1-25-20-10-6-5-9-19(20)22-12-14-23(15-13-22)21(24)11-16-26-17-18-7-3-2-4-8-18/h2-10H,11-17H2,1H3. The molecule has 3 rings (SSSR count). The van der Waals surface area contributed by atoms with Crippen LogP contribution in [0.3, 0.4) is 0 Å². The number of anilines is 1. The maximum absolute atomic E-state index is 12.4. The Bertz CT molecular complexity index is 700. The van der Waals surface area contributed by atoms with Gasteiger partial charge in [0.25, 0.3) is 0 Å². The van der Waals surface area contributed by atoms with E-state index in [0.717, 1.165) is 49.1 Å². The lowest BCUT2D eigenvalue weighted by Gasteiger charge is -2.36. The largest absolute Gasteiger partial charge is 0.495 e. The first-order chi connectivity index (χ1) is 12.8. The third-order valence-corrected chi connectivity index (χ3v) is 5.66. The van der Waals surface area contributed by atoms with Crippen molar-refractivity contribution in [2.45, 2.75) is 12.2 Å². The first-order valence-electron chi connectivity index (χ1n) is 9.05. The number of hydrogen-bond donors (Lipinski definition) is 0. The third-order valence-electron chi connectivity index (χ3n) is 4.63. The number of carbonyl (C=O) groups excluding carboxylic acids is 1. The Labute approximate surface area is 160 Å². The number of benzene rings is 2. The molecule has 0 bridgehead atoms. The van der Waals surface area contributed by atoms with Crippen molar-refractivity contribution in [1.82, 2.24) is 4.90 Å². The van der Waals surface area contributed by atoms with Gasteiger partial charge in [-0.2, -0.15) is 11.8 Å². The molecule has 5 heteroatoms. The van der Waals surface area contributed by atoms with Gasteiger partial charge in [0.1, 0.15) is 5.75 Å². The van der Waals surface area contributed by atoms with Crippen LogP contribution in [0.5, 0.6) is 5.75 Å². The molecule has 0 saturated carbocycles. The number of hydrogen-bond acceptors (Lipinski definition) is 4. The van der Waals surface area contributed by atoms with E-state index in [2.05, 4.69) is 35.2 Å². The van der Waals surface area contributed by atoms with E-state index in [4.69, 9.17) is 4.74 Å². The highest BCUT2D eigenvalue weighted by Gasteiger charge is 2.22. The molecule has 1 aliphatic rings. The summed E-state index contributed by atoms with van der Waals surface area (Å²) < 4.78 is 5.45. The van der Waals surface area contributed by atoms with E-state index in [9.17, 15) is 4.79 Å². The Kier molecular flexibility index (Phi) is 6.83. The van der Waals surface area contributed by atoms with Crippen molar-refractivity contribution < 1.29 is 9.53 Å². The fourth-order valence-electron chi connectivity index (χ4n) is 3.17. The van der Waals surface area contributed by atoms with Crippen molar-refractivity contribution in [2.24, 2.45) is 0 Å². The minimum absolute atomic E-state index is 0.269. The lowest BCUT2D eigenvalue weighted by molar-refractivity contribution is -0.131. The summed E-state index contributed by atoms with van der Waals surface area (Å²) in [5.41, 5.74) is 2.43. The van der Waals surface area contributed by atoms with E-state index in [-0.39, 0.29) is 5.91 Å². The minimum atomic E-state index is 0.269. The maximum atomic E-state index is 12.4. The molecule has 138 valence electrons. The molecule has 1 aliphatic heterocycles. The molecule has 0 spiro atoms. The smallest absolute Gasteiger partial charge is 0.223 e. The number of ether oxygens (including phenoxy) is 1. The number of rotatable bonds is 7. The van der Waals surface area contributed by atoms with Gasteiger partial charge in [-0.25, -0.2) is 0 Å². The molecule has 1 amide bonds. The molecular weight excluding hydrogens is 344 g/mol. The summed E-state index contributed by atoms with van der Waals surface area (Å²) in [6.45, 7) is 3.26. The Morgan fingerprint density at radius 1 is 1.00 bits per heavy atom. The van der Waals surface area contributed by atoms with Crippen LogP contribution in [-0.2, 0) is 10.5 Å². The molecule has 26 heavy (non-hydrogen) atoms. The van der Waals surface area contributed by atoms with Gasteiger partial charge in [-0.3, -0.25) is 4.79 Å². The molecule has 0 N–H and O–H groups in total. The second-order valence-corrected chi connectivity index (χ2v) is 7.43. The summed E-state index contributed by atoms with van der Waals surface area (Å²) in [5.74, 6) is 3.01. The average Bonchev–Trinajstić information content (AvgIpc) is 2.72.